The molecule has 0 aliphatic carbocycles. The fraction of sp³-hybridized carbons (Fsp3) is 0.500. The number of hydrogen-bond donors (Lipinski definition) is 1. The zero-order valence-corrected chi connectivity index (χ0v) is 13.9. The predicted molar refractivity (Wildman–Crippen MR) is 89.1 cm³/mol. The Bertz CT molecular complexity index is 514. The lowest BCUT2D eigenvalue weighted by atomic mass is 10.1. The van der Waals surface area contributed by atoms with E-state index in [-0.39, 0.29) is 24.2 Å². The summed E-state index contributed by atoms with van der Waals surface area (Å²) in [6.45, 7) is 5.84. The monoisotopic (exact) mass is 325 g/mol. The average Bonchev–Trinajstić information content (AvgIpc) is 2.71. The first kappa shape index (κ1) is 18.5. The summed E-state index contributed by atoms with van der Waals surface area (Å²) in [5, 5.41) is 0. The van der Waals surface area contributed by atoms with Gasteiger partial charge in [-0.15, -0.1) is 12.4 Å². The Hall–Kier alpha value is -1.59. The van der Waals surface area contributed by atoms with Crippen molar-refractivity contribution in [2.45, 2.75) is 25.8 Å². The molecule has 5 nitrogen and oxygen atoms in total. The Kier molecular flexibility index (Phi) is 6.38. The van der Waals surface area contributed by atoms with E-state index in [2.05, 4.69) is 0 Å². The summed E-state index contributed by atoms with van der Waals surface area (Å²) >= 11 is 0. The van der Waals surface area contributed by atoms with E-state index in [1.165, 1.54) is 0 Å². The van der Waals surface area contributed by atoms with Gasteiger partial charge in [-0.25, -0.2) is 0 Å². The van der Waals surface area contributed by atoms with Gasteiger partial charge in [0, 0.05) is 31.7 Å². The van der Waals surface area contributed by atoms with Gasteiger partial charge in [0.2, 0.25) is 5.91 Å². The van der Waals surface area contributed by atoms with Crippen LogP contribution in [0.25, 0.3) is 0 Å². The van der Waals surface area contributed by atoms with Gasteiger partial charge in [-0.1, -0.05) is 18.2 Å². The lowest BCUT2D eigenvalue weighted by Gasteiger charge is -2.28. The molecule has 22 heavy (non-hydrogen) atoms. The van der Waals surface area contributed by atoms with Gasteiger partial charge in [-0.2, -0.15) is 0 Å². The molecule has 1 fully saturated rings. The number of rotatable bonds is 2. The van der Waals surface area contributed by atoms with Crippen molar-refractivity contribution >= 4 is 24.2 Å². The molecule has 1 aliphatic heterocycles. The zero-order chi connectivity index (χ0) is 15.5. The molecule has 1 aromatic carbocycles. The van der Waals surface area contributed by atoms with E-state index >= 15 is 0 Å². The molecule has 122 valence electrons. The molecule has 2 rings (SSSR count). The van der Waals surface area contributed by atoms with Crippen LogP contribution in [0.1, 0.15) is 30.6 Å². The number of amides is 2. The van der Waals surface area contributed by atoms with Crippen LogP contribution >= 0.6 is 12.4 Å². The quantitative estimate of drug-likeness (QED) is 0.896. The third kappa shape index (κ3) is 4.45. The zero-order valence-electron chi connectivity index (χ0n) is 13.1. The SMILES string of the molecule is CC(C)(N)C(=O)N1CCCN(C(=O)c2ccccc2)CC1.Cl. The lowest BCUT2D eigenvalue weighted by Crippen LogP contribution is -2.52. The maximum absolute atomic E-state index is 12.4. The highest BCUT2D eigenvalue weighted by Crippen LogP contribution is 2.12. The van der Waals surface area contributed by atoms with E-state index in [1.54, 1.807) is 18.7 Å². The number of carbonyl (C=O) groups is 2. The standard InChI is InChI=1S/C16H23N3O2.ClH/c1-16(2,17)15(21)19-10-6-9-18(11-12-19)14(20)13-7-4-3-5-8-13;/h3-5,7-8H,6,9-12,17H2,1-2H3;1H. The summed E-state index contributed by atoms with van der Waals surface area (Å²) < 4.78 is 0. The van der Waals surface area contributed by atoms with E-state index in [1.807, 2.05) is 35.2 Å². The summed E-state index contributed by atoms with van der Waals surface area (Å²) in [6, 6.07) is 9.25. The molecule has 0 aromatic heterocycles. The number of benzene rings is 1. The first-order chi connectivity index (χ1) is 9.89. The molecule has 0 saturated carbocycles. The first-order valence-corrected chi connectivity index (χ1v) is 7.32. The van der Waals surface area contributed by atoms with Gasteiger partial charge in [-0.3, -0.25) is 9.59 Å². The topological polar surface area (TPSA) is 66.6 Å². The number of halogens is 1. The molecular formula is C16H24ClN3O2. The van der Waals surface area contributed by atoms with Crippen LogP contribution in [0.5, 0.6) is 0 Å². The van der Waals surface area contributed by atoms with Crippen LogP contribution in [0.2, 0.25) is 0 Å². The van der Waals surface area contributed by atoms with Crippen LogP contribution in [0.4, 0.5) is 0 Å². The molecule has 1 saturated heterocycles. The van der Waals surface area contributed by atoms with E-state index in [0.717, 1.165) is 6.42 Å². The highest BCUT2D eigenvalue weighted by Gasteiger charge is 2.30. The van der Waals surface area contributed by atoms with Crippen molar-refractivity contribution in [3.05, 3.63) is 35.9 Å². The second kappa shape index (κ2) is 7.61. The van der Waals surface area contributed by atoms with E-state index in [9.17, 15) is 9.59 Å². The van der Waals surface area contributed by atoms with Crippen LogP contribution in [0.3, 0.4) is 0 Å². The molecule has 0 bridgehead atoms. The summed E-state index contributed by atoms with van der Waals surface area (Å²) in [7, 11) is 0. The van der Waals surface area contributed by atoms with Crippen molar-refractivity contribution < 1.29 is 9.59 Å². The highest BCUT2D eigenvalue weighted by molar-refractivity contribution is 5.94. The number of nitrogens with zero attached hydrogens (tertiary/aromatic N) is 2. The molecule has 2 N–H and O–H groups in total. The summed E-state index contributed by atoms with van der Waals surface area (Å²) in [6.07, 6.45) is 0.778. The first-order valence-electron chi connectivity index (χ1n) is 7.32. The van der Waals surface area contributed by atoms with Crippen molar-refractivity contribution in [2.24, 2.45) is 5.73 Å². The van der Waals surface area contributed by atoms with Crippen molar-refractivity contribution in [1.82, 2.24) is 9.80 Å². The third-order valence-corrected chi connectivity index (χ3v) is 3.64. The smallest absolute Gasteiger partial charge is 0.253 e. The van der Waals surface area contributed by atoms with Gasteiger partial charge < -0.3 is 15.5 Å². The highest BCUT2D eigenvalue weighted by atomic mass is 35.5. The number of carbonyl (C=O) groups excluding carboxylic acids is 2. The van der Waals surface area contributed by atoms with E-state index in [0.29, 0.717) is 31.7 Å². The van der Waals surface area contributed by atoms with E-state index in [4.69, 9.17) is 5.73 Å². The van der Waals surface area contributed by atoms with Gasteiger partial charge in [0.15, 0.2) is 0 Å². The number of nitrogens with two attached hydrogens (primary N) is 1. The lowest BCUT2D eigenvalue weighted by molar-refractivity contribution is -0.135. The maximum Gasteiger partial charge on any atom is 0.253 e. The van der Waals surface area contributed by atoms with Gasteiger partial charge in [0.25, 0.3) is 5.91 Å². The predicted octanol–water partition coefficient (Wildman–Crippen LogP) is 1.52. The summed E-state index contributed by atoms with van der Waals surface area (Å²) in [5.74, 6) is -0.0339. The summed E-state index contributed by atoms with van der Waals surface area (Å²) in [5.41, 5.74) is 5.70. The van der Waals surface area contributed by atoms with Crippen molar-refractivity contribution in [3.8, 4) is 0 Å². The molecule has 1 aliphatic rings. The Morgan fingerprint density at radius 1 is 1.00 bits per heavy atom. The van der Waals surface area contributed by atoms with Crippen LogP contribution in [-0.4, -0.2) is 53.3 Å². The Morgan fingerprint density at radius 2 is 1.55 bits per heavy atom. The Balaban J connectivity index is 0.00000242. The molecule has 0 spiro atoms. The molecule has 2 amide bonds. The Labute approximate surface area is 137 Å². The second-order valence-electron chi connectivity index (χ2n) is 6.03. The minimum atomic E-state index is -0.862. The maximum atomic E-state index is 12.4. The van der Waals surface area contributed by atoms with Gasteiger partial charge in [0.1, 0.15) is 0 Å². The fourth-order valence-electron chi connectivity index (χ4n) is 2.49. The number of hydrogen-bond acceptors (Lipinski definition) is 3. The normalized spacial score (nSPS) is 15.8. The Morgan fingerprint density at radius 3 is 2.14 bits per heavy atom. The molecule has 0 radical (unpaired) electrons. The molecule has 1 aromatic rings. The largest absolute Gasteiger partial charge is 0.339 e. The third-order valence-electron chi connectivity index (χ3n) is 3.64. The average molecular weight is 326 g/mol. The molecule has 0 atom stereocenters. The summed E-state index contributed by atoms with van der Waals surface area (Å²) in [4.78, 5) is 28.2. The van der Waals surface area contributed by atoms with Crippen LogP contribution in [0, 0.1) is 0 Å². The molecule has 0 unspecified atom stereocenters. The molecule has 1 heterocycles. The van der Waals surface area contributed by atoms with Gasteiger partial charge in [0.05, 0.1) is 5.54 Å². The minimum absolute atomic E-state index is 0. The molecule has 6 heteroatoms. The van der Waals surface area contributed by atoms with Crippen LogP contribution in [-0.2, 0) is 4.79 Å². The van der Waals surface area contributed by atoms with Crippen molar-refractivity contribution in [1.29, 1.82) is 0 Å². The van der Waals surface area contributed by atoms with Crippen molar-refractivity contribution in [3.63, 3.8) is 0 Å². The van der Waals surface area contributed by atoms with Crippen LogP contribution in [0.15, 0.2) is 30.3 Å². The van der Waals surface area contributed by atoms with Gasteiger partial charge in [-0.05, 0) is 32.4 Å². The van der Waals surface area contributed by atoms with Crippen molar-refractivity contribution in [2.75, 3.05) is 26.2 Å². The van der Waals surface area contributed by atoms with Crippen LogP contribution < -0.4 is 5.73 Å². The van der Waals surface area contributed by atoms with Gasteiger partial charge >= 0.3 is 0 Å². The second-order valence-corrected chi connectivity index (χ2v) is 6.03. The minimum Gasteiger partial charge on any atom is -0.339 e. The fourth-order valence-corrected chi connectivity index (χ4v) is 2.49. The molecular weight excluding hydrogens is 302 g/mol. The van der Waals surface area contributed by atoms with E-state index < -0.39 is 5.54 Å².